The molecule has 3 N–H and O–H groups in total. The van der Waals surface area contributed by atoms with Crippen LogP contribution in [-0.2, 0) is 29.2 Å². The molecule has 238 valence electrons. The molecule has 1 heterocycles. The Morgan fingerprint density at radius 3 is 2.07 bits per heavy atom. The number of ether oxygens (including phenoxy) is 2. The number of hydrogen-bond donors (Lipinski definition) is 3. The van der Waals surface area contributed by atoms with Crippen molar-refractivity contribution in [2.24, 2.45) is 17.8 Å². The van der Waals surface area contributed by atoms with Crippen LogP contribution < -0.4 is 10.6 Å². The quantitative estimate of drug-likeness (QED) is 0.241. The number of hydrogen-bond acceptors (Lipinski definition) is 5. The molecule has 4 bridgehead atoms. The smallest absolute Gasteiger partial charge is 0.315 e. The van der Waals surface area contributed by atoms with E-state index in [-0.39, 0.29) is 30.4 Å². The molecule has 0 radical (unpaired) electrons. The zero-order chi connectivity index (χ0) is 30.8. The highest BCUT2D eigenvalue weighted by Crippen LogP contribution is 2.55. The first-order chi connectivity index (χ1) is 21.9. The third-order valence-corrected chi connectivity index (χ3v) is 10.5. The Hall–Kier alpha value is -3.23. The average molecular weight is 610 g/mol. The van der Waals surface area contributed by atoms with Gasteiger partial charge >= 0.3 is 6.03 Å². The number of rotatable bonds is 10. The van der Waals surface area contributed by atoms with Gasteiger partial charge in [0, 0.05) is 37.2 Å². The summed E-state index contributed by atoms with van der Waals surface area (Å²) >= 11 is 0. The van der Waals surface area contributed by atoms with Crippen LogP contribution in [-0.4, -0.2) is 41.3 Å². The summed E-state index contributed by atoms with van der Waals surface area (Å²) in [4.78, 5) is 15.3. The van der Waals surface area contributed by atoms with E-state index in [2.05, 4.69) is 71.1 Å². The van der Waals surface area contributed by atoms with Crippen LogP contribution in [0.15, 0.2) is 78.9 Å². The minimum atomic E-state index is -0.502. The van der Waals surface area contributed by atoms with Gasteiger partial charge < -0.3 is 25.2 Å². The Labute approximate surface area is 267 Å². The fourth-order valence-electron chi connectivity index (χ4n) is 8.86. The number of urea groups is 1. The van der Waals surface area contributed by atoms with Crippen molar-refractivity contribution >= 4 is 6.03 Å². The van der Waals surface area contributed by atoms with Gasteiger partial charge in [-0.05, 0) is 85.6 Å². The Bertz CT molecular complexity index is 1390. The van der Waals surface area contributed by atoms with Crippen molar-refractivity contribution in [2.75, 3.05) is 13.6 Å². The molecule has 0 aromatic heterocycles. The molecule has 0 unspecified atom stereocenters. The molecule has 8 rings (SSSR count). The Kier molecular flexibility index (Phi) is 8.96. The minimum Gasteiger partial charge on any atom is -0.392 e. The van der Waals surface area contributed by atoms with E-state index in [9.17, 15) is 9.90 Å². The Morgan fingerprint density at radius 2 is 1.42 bits per heavy atom. The van der Waals surface area contributed by atoms with Gasteiger partial charge in [-0.15, -0.1) is 0 Å². The summed E-state index contributed by atoms with van der Waals surface area (Å²) in [5.41, 5.74) is 5.27. The summed E-state index contributed by atoms with van der Waals surface area (Å²) in [7, 11) is 2.13. The summed E-state index contributed by atoms with van der Waals surface area (Å²) in [6.45, 7) is 2.13. The number of aliphatic hydroxyl groups is 1. The molecule has 5 aliphatic rings. The molecule has 0 spiro atoms. The summed E-state index contributed by atoms with van der Waals surface area (Å²) in [6, 6.07) is 26.7. The van der Waals surface area contributed by atoms with E-state index in [1.54, 1.807) is 0 Å². The van der Waals surface area contributed by atoms with Gasteiger partial charge in [0.2, 0.25) is 0 Å². The molecule has 5 fully saturated rings. The Balaban J connectivity index is 0.984. The van der Waals surface area contributed by atoms with Crippen LogP contribution in [0.3, 0.4) is 0 Å². The summed E-state index contributed by atoms with van der Waals surface area (Å²) in [5, 5.41) is 16.1. The normalized spacial score (nSPS) is 30.4. The van der Waals surface area contributed by atoms with Gasteiger partial charge in [-0.3, -0.25) is 4.90 Å². The molecule has 7 heteroatoms. The number of carbonyl (C=O) groups excluding carboxylic acids is 1. The molecule has 1 saturated heterocycles. The van der Waals surface area contributed by atoms with Crippen LogP contribution in [0, 0.1) is 17.8 Å². The molecule has 2 amide bonds. The van der Waals surface area contributed by atoms with Gasteiger partial charge in [0.25, 0.3) is 0 Å². The monoisotopic (exact) mass is 609 g/mol. The van der Waals surface area contributed by atoms with Crippen LogP contribution >= 0.6 is 0 Å². The first kappa shape index (κ1) is 30.4. The third-order valence-electron chi connectivity index (χ3n) is 10.5. The lowest BCUT2D eigenvalue weighted by Crippen LogP contribution is -2.61. The van der Waals surface area contributed by atoms with Crippen LogP contribution in [0.25, 0.3) is 0 Å². The van der Waals surface area contributed by atoms with E-state index < -0.39 is 6.29 Å². The maximum absolute atomic E-state index is 13.0. The van der Waals surface area contributed by atoms with E-state index in [1.807, 2.05) is 30.3 Å². The van der Waals surface area contributed by atoms with Crippen molar-refractivity contribution < 1.29 is 19.4 Å². The molecule has 1 aliphatic heterocycles. The molecule has 4 aliphatic carbocycles. The van der Waals surface area contributed by atoms with Gasteiger partial charge in [0.1, 0.15) is 0 Å². The molecule has 3 aromatic rings. The molecular weight excluding hydrogens is 562 g/mol. The van der Waals surface area contributed by atoms with Crippen molar-refractivity contribution in [3.63, 3.8) is 0 Å². The fraction of sp³-hybridized carbons (Fsp3) is 0.500. The van der Waals surface area contributed by atoms with Crippen LogP contribution in [0.1, 0.15) is 85.2 Å². The van der Waals surface area contributed by atoms with E-state index in [1.165, 1.54) is 24.8 Å². The highest BCUT2D eigenvalue weighted by Gasteiger charge is 2.51. The van der Waals surface area contributed by atoms with Crippen molar-refractivity contribution in [2.45, 2.75) is 88.7 Å². The maximum Gasteiger partial charge on any atom is 0.315 e. The second-order valence-corrected chi connectivity index (χ2v) is 14.3. The number of nitrogens with zero attached hydrogens (tertiary/aromatic N) is 1. The molecule has 3 aromatic carbocycles. The highest BCUT2D eigenvalue weighted by atomic mass is 16.7. The molecule has 3 atom stereocenters. The van der Waals surface area contributed by atoms with Gasteiger partial charge in [0.05, 0.1) is 18.8 Å². The number of benzene rings is 3. The van der Waals surface area contributed by atoms with Crippen LogP contribution in [0.4, 0.5) is 4.79 Å². The van der Waals surface area contributed by atoms with E-state index in [0.29, 0.717) is 6.54 Å². The SMILES string of the molecule is CN(Cc1ccccc1)C[C@@H]1C[C@H](c2ccc(CO)cc2)O[C@H](c2ccc(CNC(=O)NC34CC5CC(CC(C5)C3)C4)cc2)O1. The number of likely N-dealkylation sites (N-methyl/N-ethyl adjacent to an activating group) is 1. The third kappa shape index (κ3) is 7.28. The van der Waals surface area contributed by atoms with Crippen molar-refractivity contribution in [1.29, 1.82) is 0 Å². The van der Waals surface area contributed by atoms with E-state index >= 15 is 0 Å². The van der Waals surface area contributed by atoms with Crippen LogP contribution in [0.2, 0.25) is 0 Å². The second kappa shape index (κ2) is 13.2. The molecule has 7 nitrogen and oxygen atoms in total. The first-order valence-corrected chi connectivity index (χ1v) is 16.8. The summed E-state index contributed by atoms with van der Waals surface area (Å²) < 4.78 is 13.1. The minimum absolute atomic E-state index is 0.0129. The van der Waals surface area contributed by atoms with E-state index in [4.69, 9.17) is 9.47 Å². The fourth-order valence-corrected chi connectivity index (χ4v) is 8.86. The van der Waals surface area contributed by atoms with E-state index in [0.717, 1.165) is 78.8 Å². The van der Waals surface area contributed by atoms with Gasteiger partial charge in [0.15, 0.2) is 6.29 Å². The number of amides is 2. The van der Waals surface area contributed by atoms with Crippen molar-refractivity contribution in [3.05, 3.63) is 107 Å². The zero-order valence-corrected chi connectivity index (χ0v) is 26.4. The van der Waals surface area contributed by atoms with Gasteiger partial charge in [-0.2, -0.15) is 0 Å². The second-order valence-electron chi connectivity index (χ2n) is 14.3. The van der Waals surface area contributed by atoms with Crippen molar-refractivity contribution in [1.82, 2.24) is 15.5 Å². The number of aliphatic hydroxyl groups excluding tert-OH is 1. The van der Waals surface area contributed by atoms with Gasteiger partial charge in [-0.1, -0.05) is 78.9 Å². The number of carbonyl (C=O) groups is 1. The van der Waals surface area contributed by atoms with Gasteiger partial charge in [-0.25, -0.2) is 4.79 Å². The Morgan fingerprint density at radius 1 is 0.800 bits per heavy atom. The predicted molar refractivity (Wildman–Crippen MR) is 174 cm³/mol. The highest BCUT2D eigenvalue weighted by molar-refractivity contribution is 5.75. The lowest BCUT2D eigenvalue weighted by Gasteiger charge is -2.56. The average Bonchev–Trinajstić information content (AvgIpc) is 3.03. The van der Waals surface area contributed by atoms with Crippen LogP contribution in [0.5, 0.6) is 0 Å². The lowest BCUT2D eigenvalue weighted by atomic mass is 9.53. The molecular formula is C38H47N3O4. The topological polar surface area (TPSA) is 83.1 Å². The first-order valence-electron chi connectivity index (χ1n) is 16.8. The van der Waals surface area contributed by atoms with Crippen molar-refractivity contribution in [3.8, 4) is 0 Å². The summed E-state index contributed by atoms with van der Waals surface area (Å²) in [5.74, 6) is 2.41. The maximum atomic E-state index is 13.0. The standard InChI is InChI=1S/C38H47N3O4/c1-41(23-27-5-3-2-4-6-27)24-34-18-35(32-11-9-28(25-42)10-12-32)45-36(44-34)33-13-7-26(8-14-33)22-39-37(43)40-38-19-29-15-30(20-38)17-31(16-29)21-38/h2-14,29-31,34-36,42H,15-25H2,1H3,(H2,39,40,43)/t29?,30?,31?,34-,35+,36+,38?/m0/s1. The largest absolute Gasteiger partial charge is 0.392 e. The molecule has 4 saturated carbocycles. The molecule has 45 heavy (non-hydrogen) atoms. The summed E-state index contributed by atoms with van der Waals surface area (Å²) in [6.07, 6.45) is 7.65. The lowest BCUT2D eigenvalue weighted by molar-refractivity contribution is -0.252. The predicted octanol–water partition coefficient (Wildman–Crippen LogP) is 6.62. The zero-order valence-electron chi connectivity index (χ0n) is 26.4. The number of nitrogens with one attached hydrogen (secondary N) is 2.